The number of nitrogen functional groups attached to an aromatic ring is 1. The van der Waals surface area contributed by atoms with Gasteiger partial charge in [-0.15, -0.1) is 0 Å². The normalized spacial score (nSPS) is 14.3. The number of methoxy groups -OCH3 is 1. The summed E-state index contributed by atoms with van der Waals surface area (Å²) >= 11 is 1.19. The highest BCUT2D eigenvalue weighted by Gasteiger charge is 2.28. The number of thiazole rings is 1. The number of nitrogens with zero attached hydrogens (tertiary/aromatic N) is 4. The highest BCUT2D eigenvalue weighted by Crippen LogP contribution is 2.39. The van der Waals surface area contributed by atoms with Crippen molar-refractivity contribution in [3.8, 4) is 0 Å². The molecule has 1 saturated carbocycles. The summed E-state index contributed by atoms with van der Waals surface area (Å²) in [5, 5.41) is 0.314. The zero-order chi connectivity index (χ0) is 24.7. The van der Waals surface area contributed by atoms with Gasteiger partial charge in [-0.25, -0.2) is 19.3 Å². The summed E-state index contributed by atoms with van der Waals surface area (Å²) in [6, 6.07) is 10.5. The van der Waals surface area contributed by atoms with Crippen LogP contribution in [0.15, 0.2) is 41.2 Å². The van der Waals surface area contributed by atoms with Crippen molar-refractivity contribution in [2.24, 2.45) is 0 Å². The molecule has 0 spiro atoms. The molecule has 0 radical (unpaired) electrons. The van der Waals surface area contributed by atoms with Gasteiger partial charge in [0.2, 0.25) is 5.69 Å². The Balaban J connectivity index is 1.84. The Labute approximate surface area is 205 Å². The Hall–Kier alpha value is -3.79. The summed E-state index contributed by atoms with van der Waals surface area (Å²) in [5.41, 5.74) is 7.13. The van der Waals surface area contributed by atoms with Gasteiger partial charge in [0, 0.05) is 18.7 Å². The summed E-state index contributed by atoms with van der Waals surface area (Å²) in [5.74, 6) is -1.48. The number of aromatic nitrogens is 3. The minimum absolute atomic E-state index is 0.279. The summed E-state index contributed by atoms with van der Waals surface area (Å²) in [6.45, 7) is 0. The van der Waals surface area contributed by atoms with Crippen LogP contribution in [0.4, 0.5) is 10.8 Å². The van der Waals surface area contributed by atoms with Crippen molar-refractivity contribution in [3.05, 3.63) is 58.0 Å². The molecule has 1 aliphatic rings. The maximum absolute atomic E-state index is 13.6. The van der Waals surface area contributed by atoms with E-state index in [0.717, 1.165) is 35.9 Å². The SMILES string of the molecule is COC(=O)c1nc2cc(N(C)C3CCCCC3)c3nc(N)sc3c2n(C(=O)c2ccccc2)c1=O. The second-order valence-electron chi connectivity index (χ2n) is 8.66. The number of esters is 1. The predicted molar refractivity (Wildman–Crippen MR) is 136 cm³/mol. The van der Waals surface area contributed by atoms with E-state index in [1.165, 1.54) is 24.9 Å². The van der Waals surface area contributed by atoms with Gasteiger partial charge in [-0.1, -0.05) is 48.8 Å². The van der Waals surface area contributed by atoms with E-state index in [4.69, 9.17) is 10.5 Å². The van der Waals surface area contributed by atoms with Crippen LogP contribution < -0.4 is 16.2 Å². The molecule has 2 heterocycles. The average molecular weight is 492 g/mol. The molecule has 35 heavy (non-hydrogen) atoms. The van der Waals surface area contributed by atoms with Crippen LogP contribution in [-0.4, -0.2) is 46.6 Å². The van der Waals surface area contributed by atoms with E-state index in [0.29, 0.717) is 32.5 Å². The Kier molecular flexibility index (Phi) is 5.98. The molecule has 2 N–H and O–H groups in total. The van der Waals surface area contributed by atoms with Crippen LogP contribution in [0.3, 0.4) is 0 Å². The van der Waals surface area contributed by atoms with Crippen molar-refractivity contribution in [2.45, 2.75) is 38.1 Å². The Morgan fingerprint density at radius 3 is 2.54 bits per heavy atom. The third-order valence-corrected chi connectivity index (χ3v) is 7.48. The van der Waals surface area contributed by atoms with E-state index in [2.05, 4.69) is 14.9 Å². The smallest absolute Gasteiger partial charge is 0.362 e. The minimum Gasteiger partial charge on any atom is -0.464 e. The van der Waals surface area contributed by atoms with E-state index in [1.54, 1.807) is 36.4 Å². The molecule has 9 nitrogen and oxygen atoms in total. The van der Waals surface area contributed by atoms with Crippen LogP contribution in [-0.2, 0) is 4.74 Å². The standard InChI is InChI=1S/C25H25N5O4S/c1-29(15-11-7-4-8-12-15)17-13-16-20(21-18(17)28-25(26)35-21)30(22(31)14-9-5-3-6-10-14)23(32)19(27-16)24(33)34-2/h3,5-6,9-10,13,15H,4,7-8,11-12H2,1-2H3,(H2,26,28). The van der Waals surface area contributed by atoms with Crippen LogP contribution in [0.2, 0.25) is 0 Å². The highest BCUT2D eigenvalue weighted by molar-refractivity contribution is 7.23. The van der Waals surface area contributed by atoms with Gasteiger partial charge >= 0.3 is 5.97 Å². The van der Waals surface area contributed by atoms with E-state index >= 15 is 0 Å². The number of benzene rings is 2. The molecule has 1 aliphatic carbocycles. The molecular weight excluding hydrogens is 466 g/mol. The largest absolute Gasteiger partial charge is 0.464 e. The molecule has 5 rings (SSSR count). The summed E-state index contributed by atoms with van der Waals surface area (Å²) in [7, 11) is 3.19. The number of carbonyl (C=O) groups excluding carboxylic acids is 2. The van der Waals surface area contributed by atoms with Crippen LogP contribution >= 0.6 is 11.3 Å². The van der Waals surface area contributed by atoms with E-state index < -0.39 is 23.1 Å². The van der Waals surface area contributed by atoms with Crippen molar-refractivity contribution in [2.75, 3.05) is 24.8 Å². The Bertz CT molecular complexity index is 1510. The lowest BCUT2D eigenvalue weighted by atomic mass is 9.94. The fourth-order valence-electron chi connectivity index (χ4n) is 4.80. The fourth-order valence-corrected chi connectivity index (χ4v) is 5.68. The second kappa shape index (κ2) is 9.10. The first-order valence-corrected chi connectivity index (χ1v) is 12.3. The summed E-state index contributed by atoms with van der Waals surface area (Å²) in [4.78, 5) is 50.6. The molecule has 0 atom stereocenters. The first-order chi connectivity index (χ1) is 16.9. The van der Waals surface area contributed by atoms with Gasteiger partial charge in [0.15, 0.2) is 5.13 Å². The van der Waals surface area contributed by atoms with Crippen molar-refractivity contribution in [1.82, 2.24) is 14.5 Å². The van der Waals surface area contributed by atoms with Gasteiger partial charge in [0.25, 0.3) is 11.5 Å². The van der Waals surface area contributed by atoms with E-state index in [9.17, 15) is 14.4 Å². The minimum atomic E-state index is -0.905. The topological polar surface area (TPSA) is 120 Å². The van der Waals surface area contributed by atoms with Gasteiger partial charge in [0.1, 0.15) is 5.52 Å². The zero-order valence-corrected chi connectivity index (χ0v) is 20.3. The third-order valence-electron chi connectivity index (χ3n) is 6.58. The molecule has 2 aromatic carbocycles. The number of rotatable bonds is 4. The van der Waals surface area contributed by atoms with Gasteiger partial charge < -0.3 is 15.4 Å². The Morgan fingerprint density at radius 2 is 1.86 bits per heavy atom. The lowest BCUT2D eigenvalue weighted by Crippen LogP contribution is -2.35. The molecule has 10 heteroatoms. The molecular formula is C25H25N5O4S. The van der Waals surface area contributed by atoms with Crippen molar-refractivity contribution >= 4 is 55.3 Å². The highest BCUT2D eigenvalue weighted by atomic mass is 32.1. The molecule has 2 aromatic heterocycles. The van der Waals surface area contributed by atoms with Crippen molar-refractivity contribution < 1.29 is 14.3 Å². The first-order valence-electron chi connectivity index (χ1n) is 11.5. The number of fused-ring (bicyclic) bond motifs is 3. The molecule has 0 aliphatic heterocycles. The van der Waals surface area contributed by atoms with Crippen LogP contribution in [0, 0.1) is 0 Å². The Morgan fingerprint density at radius 1 is 1.14 bits per heavy atom. The van der Waals surface area contributed by atoms with Gasteiger partial charge in [-0.05, 0) is 31.0 Å². The predicted octanol–water partition coefficient (Wildman–Crippen LogP) is 3.83. The number of carbonyl (C=O) groups is 2. The molecule has 0 saturated heterocycles. The number of hydrogen-bond acceptors (Lipinski definition) is 9. The van der Waals surface area contributed by atoms with E-state index in [-0.39, 0.29) is 5.52 Å². The van der Waals surface area contributed by atoms with E-state index in [1.807, 2.05) is 7.05 Å². The maximum Gasteiger partial charge on any atom is 0.362 e. The van der Waals surface area contributed by atoms with Gasteiger partial charge in [-0.2, -0.15) is 0 Å². The van der Waals surface area contributed by atoms with Crippen LogP contribution in [0.1, 0.15) is 53.0 Å². The summed E-state index contributed by atoms with van der Waals surface area (Å²) in [6.07, 6.45) is 5.64. The zero-order valence-electron chi connectivity index (χ0n) is 19.5. The lowest BCUT2D eigenvalue weighted by molar-refractivity contribution is 0.0592. The molecule has 1 fully saturated rings. The number of hydrogen-bond donors (Lipinski definition) is 1. The first kappa shape index (κ1) is 23.0. The summed E-state index contributed by atoms with van der Waals surface area (Å²) < 4.78 is 6.37. The number of anilines is 2. The number of nitrogens with two attached hydrogens (primary N) is 1. The van der Waals surface area contributed by atoms with Gasteiger partial charge in [0.05, 0.1) is 28.5 Å². The molecule has 180 valence electrons. The number of ether oxygens (including phenoxy) is 1. The van der Waals surface area contributed by atoms with Gasteiger partial charge in [-0.3, -0.25) is 9.59 Å². The molecule has 0 unspecified atom stereocenters. The molecule has 4 aromatic rings. The fraction of sp³-hybridized carbons (Fsp3) is 0.320. The van der Waals surface area contributed by atoms with Crippen molar-refractivity contribution in [1.29, 1.82) is 0 Å². The quantitative estimate of drug-likeness (QED) is 0.428. The van der Waals surface area contributed by atoms with Crippen LogP contribution in [0.5, 0.6) is 0 Å². The van der Waals surface area contributed by atoms with Crippen LogP contribution in [0.25, 0.3) is 21.3 Å². The average Bonchev–Trinajstić information content (AvgIpc) is 3.29. The molecule has 0 bridgehead atoms. The maximum atomic E-state index is 13.6. The third kappa shape index (κ3) is 3.93. The monoisotopic (exact) mass is 491 g/mol. The van der Waals surface area contributed by atoms with Crippen molar-refractivity contribution in [3.63, 3.8) is 0 Å². The molecule has 0 amide bonds. The lowest BCUT2D eigenvalue weighted by Gasteiger charge is -2.33. The second-order valence-corrected chi connectivity index (χ2v) is 9.69.